The second-order valence-corrected chi connectivity index (χ2v) is 8.22. The second kappa shape index (κ2) is 7.45. The molecule has 0 aromatic heterocycles. The lowest BCUT2D eigenvalue weighted by Crippen LogP contribution is -2.39. The molecule has 0 aliphatic carbocycles. The van der Waals surface area contributed by atoms with E-state index in [-0.39, 0.29) is 23.8 Å². The Kier molecular flexibility index (Phi) is 5.81. The second-order valence-electron chi connectivity index (χ2n) is 6.46. The Labute approximate surface area is 139 Å². The first-order valence-corrected chi connectivity index (χ1v) is 9.62. The molecule has 1 N–H and O–H groups in total. The number of nitrogens with one attached hydrogen (secondary N) is 1. The summed E-state index contributed by atoms with van der Waals surface area (Å²) in [4.78, 5) is 14.2. The molecule has 0 spiro atoms. The van der Waals surface area contributed by atoms with E-state index >= 15 is 0 Å². The number of aryl methyl sites for hydroxylation is 2. The molecule has 1 aliphatic heterocycles. The van der Waals surface area contributed by atoms with Gasteiger partial charge in [0.2, 0.25) is 15.9 Å². The summed E-state index contributed by atoms with van der Waals surface area (Å²) in [6.07, 6.45) is 2.26. The molecule has 1 aliphatic rings. The maximum Gasteiger partial charge on any atom is 0.240 e. The number of piperidine rings is 1. The van der Waals surface area contributed by atoms with Gasteiger partial charge in [-0.05, 0) is 55.9 Å². The standard InChI is InChI=1S/C17H26N2O3S/c1-13-7-10-19(11-8-13)17(20)6-9-18-23(21,22)16-5-4-14(2)15(3)12-16/h4-5,12-13,18H,6-11H2,1-3H3. The highest BCUT2D eigenvalue weighted by atomic mass is 32.2. The number of carbonyl (C=O) groups excluding carboxylic acids is 1. The molecule has 1 fully saturated rings. The van der Waals surface area contributed by atoms with E-state index in [1.54, 1.807) is 18.2 Å². The Bertz CT molecular complexity index is 662. The van der Waals surface area contributed by atoms with Crippen molar-refractivity contribution in [2.75, 3.05) is 19.6 Å². The lowest BCUT2D eigenvalue weighted by molar-refractivity contribution is -0.132. The van der Waals surface area contributed by atoms with Crippen LogP contribution >= 0.6 is 0 Å². The molecule has 1 amide bonds. The van der Waals surface area contributed by atoms with Gasteiger partial charge in [-0.25, -0.2) is 13.1 Å². The van der Waals surface area contributed by atoms with E-state index in [2.05, 4.69) is 11.6 Å². The maximum absolute atomic E-state index is 12.3. The van der Waals surface area contributed by atoms with E-state index < -0.39 is 10.0 Å². The van der Waals surface area contributed by atoms with Crippen LogP contribution in [0.2, 0.25) is 0 Å². The van der Waals surface area contributed by atoms with Crippen molar-refractivity contribution in [1.82, 2.24) is 9.62 Å². The fourth-order valence-corrected chi connectivity index (χ4v) is 3.79. The highest BCUT2D eigenvalue weighted by Crippen LogP contribution is 2.17. The molecular formula is C17H26N2O3S. The Morgan fingerprint density at radius 2 is 1.87 bits per heavy atom. The fourth-order valence-electron chi connectivity index (χ4n) is 2.67. The zero-order chi connectivity index (χ0) is 17.0. The van der Waals surface area contributed by atoms with Crippen molar-refractivity contribution >= 4 is 15.9 Å². The molecule has 1 heterocycles. The Morgan fingerprint density at radius 3 is 2.48 bits per heavy atom. The van der Waals surface area contributed by atoms with Crippen LogP contribution in [0.5, 0.6) is 0 Å². The van der Waals surface area contributed by atoms with Gasteiger partial charge >= 0.3 is 0 Å². The average Bonchev–Trinajstić information content (AvgIpc) is 2.50. The minimum atomic E-state index is -3.56. The van der Waals surface area contributed by atoms with E-state index in [1.807, 2.05) is 18.7 Å². The van der Waals surface area contributed by atoms with Crippen molar-refractivity contribution in [1.29, 1.82) is 0 Å². The molecule has 0 atom stereocenters. The zero-order valence-electron chi connectivity index (χ0n) is 14.1. The summed E-state index contributed by atoms with van der Waals surface area (Å²) >= 11 is 0. The van der Waals surface area contributed by atoms with Gasteiger partial charge in [0.05, 0.1) is 4.90 Å². The van der Waals surface area contributed by atoms with Crippen LogP contribution in [-0.4, -0.2) is 38.9 Å². The number of amides is 1. The van der Waals surface area contributed by atoms with Crippen molar-refractivity contribution in [3.63, 3.8) is 0 Å². The molecule has 0 radical (unpaired) electrons. The third-order valence-corrected chi connectivity index (χ3v) is 6.01. The summed E-state index contributed by atoms with van der Waals surface area (Å²) in [6, 6.07) is 5.05. The van der Waals surface area contributed by atoms with Gasteiger partial charge < -0.3 is 4.90 Å². The molecule has 128 valence electrons. The Hall–Kier alpha value is -1.40. The van der Waals surface area contributed by atoms with Gasteiger partial charge in [0, 0.05) is 26.1 Å². The monoisotopic (exact) mass is 338 g/mol. The smallest absolute Gasteiger partial charge is 0.240 e. The largest absolute Gasteiger partial charge is 0.343 e. The minimum absolute atomic E-state index is 0.0275. The van der Waals surface area contributed by atoms with Crippen LogP contribution in [0, 0.1) is 19.8 Å². The van der Waals surface area contributed by atoms with Crippen LogP contribution in [0.1, 0.15) is 37.3 Å². The molecule has 23 heavy (non-hydrogen) atoms. The number of sulfonamides is 1. The number of carbonyl (C=O) groups is 1. The lowest BCUT2D eigenvalue weighted by Gasteiger charge is -2.30. The summed E-state index contributed by atoms with van der Waals surface area (Å²) in [7, 11) is -3.56. The van der Waals surface area contributed by atoms with Gasteiger partial charge in [-0.2, -0.15) is 0 Å². The predicted octanol–water partition coefficient (Wildman–Crippen LogP) is 2.23. The van der Waals surface area contributed by atoms with Crippen LogP contribution < -0.4 is 4.72 Å². The van der Waals surface area contributed by atoms with Crippen molar-refractivity contribution in [3.8, 4) is 0 Å². The quantitative estimate of drug-likeness (QED) is 0.895. The highest BCUT2D eigenvalue weighted by Gasteiger charge is 2.21. The third kappa shape index (κ3) is 4.78. The lowest BCUT2D eigenvalue weighted by atomic mass is 9.99. The first kappa shape index (κ1) is 17.9. The van der Waals surface area contributed by atoms with Crippen LogP contribution in [0.4, 0.5) is 0 Å². The van der Waals surface area contributed by atoms with E-state index in [9.17, 15) is 13.2 Å². The molecule has 0 saturated carbocycles. The van der Waals surface area contributed by atoms with E-state index in [1.165, 1.54) is 0 Å². The van der Waals surface area contributed by atoms with Gasteiger partial charge in [0.1, 0.15) is 0 Å². The summed E-state index contributed by atoms with van der Waals surface area (Å²) in [5.41, 5.74) is 1.99. The number of hydrogen-bond acceptors (Lipinski definition) is 3. The van der Waals surface area contributed by atoms with Crippen LogP contribution in [0.25, 0.3) is 0 Å². The average molecular weight is 338 g/mol. The van der Waals surface area contributed by atoms with Gasteiger partial charge in [0.15, 0.2) is 0 Å². The van der Waals surface area contributed by atoms with Crippen molar-refractivity contribution in [2.45, 2.75) is 44.9 Å². The zero-order valence-corrected chi connectivity index (χ0v) is 14.9. The molecule has 1 aromatic rings. The highest BCUT2D eigenvalue weighted by molar-refractivity contribution is 7.89. The van der Waals surface area contributed by atoms with E-state index in [4.69, 9.17) is 0 Å². The maximum atomic E-state index is 12.3. The predicted molar refractivity (Wildman–Crippen MR) is 90.7 cm³/mol. The molecule has 0 bridgehead atoms. The first-order chi connectivity index (χ1) is 10.8. The molecule has 1 aromatic carbocycles. The number of rotatable bonds is 5. The summed E-state index contributed by atoms with van der Waals surface area (Å²) in [5, 5.41) is 0. The van der Waals surface area contributed by atoms with Crippen molar-refractivity contribution in [3.05, 3.63) is 29.3 Å². The van der Waals surface area contributed by atoms with E-state index in [0.717, 1.165) is 37.1 Å². The molecular weight excluding hydrogens is 312 g/mol. The SMILES string of the molecule is Cc1ccc(S(=O)(=O)NCCC(=O)N2CCC(C)CC2)cc1C. The van der Waals surface area contributed by atoms with Crippen molar-refractivity contribution < 1.29 is 13.2 Å². The van der Waals surface area contributed by atoms with Gasteiger partial charge in [-0.15, -0.1) is 0 Å². The number of likely N-dealkylation sites (tertiary alicyclic amines) is 1. The Morgan fingerprint density at radius 1 is 1.22 bits per heavy atom. The summed E-state index contributed by atoms with van der Waals surface area (Å²) in [5.74, 6) is 0.696. The molecule has 5 nitrogen and oxygen atoms in total. The van der Waals surface area contributed by atoms with Crippen LogP contribution in [0.3, 0.4) is 0 Å². The van der Waals surface area contributed by atoms with Gasteiger partial charge in [-0.3, -0.25) is 4.79 Å². The molecule has 1 saturated heterocycles. The van der Waals surface area contributed by atoms with Crippen LogP contribution in [0.15, 0.2) is 23.1 Å². The van der Waals surface area contributed by atoms with Crippen molar-refractivity contribution in [2.24, 2.45) is 5.92 Å². The Balaban J connectivity index is 1.87. The first-order valence-electron chi connectivity index (χ1n) is 8.14. The van der Waals surface area contributed by atoms with Gasteiger partial charge in [-0.1, -0.05) is 13.0 Å². The summed E-state index contributed by atoms with van der Waals surface area (Å²) in [6.45, 7) is 7.72. The number of nitrogens with zero attached hydrogens (tertiary/aromatic N) is 1. The number of benzene rings is 1. The fraction of sp³-hybridized carbons (Fsp3) is 0.588. The minimum Gasteiger partial charge on any atom is -0.343 e. The third-order valence-electron chi connectivity index (χ3n) is 4.56. The number of hydrogen-bond donors (Lipinski definition) is 1. The normalized spacial score (nSPS) is 16.6. The topological polar surface area (TPSA) is 66.5 Å². The van der Waals surface area contributed by atoms with Crippen LogP contribution in [-0.2, 0) is 14.8 Å². The molecule has 2 rings (SSSR count). The van der Waals surface area contributed by atoms with Gasteiger partial charge in [0.25, 0.3) is 0 Å². The van der Waals surface area contributed by atoms with E-state index in [0.29, 0.717) is 5.92 Å². The molecule has 0 unspecified atom stereocenters. The molecule has 6 heteroatoms. The summed E-state index contributed by atoms with van der Waals surface area (Å²) < 4.78 is 27.0.